The molecule has 2 rings (SSSR count). The monoisotopic (exact) mass is 224 g/mol. The largest absolute Gasteiger partial charge is 0.383 e. The highest BCUT2D eigenvalue weighted by atomic mass is 16.5. The standard InChI is InChI=1S/C10H16N4O2/c1-16-7-3-2-6(4-7)13-10(15)8-5-12-14-9(8)11/h5-7H,2-4H2,1H3,(H,13,15)(H3,11,12,14). The number of nitrogen functional groups attached to an aromatic ring is 1. The lowest BCUT2D eigenvalue weighted by atomic mass is 10.2. The third-order valence-corrected chi connectivity index (χ3v) is 2.97. The van der Waals surface area contributed by atoms with Gasteiger partial charge >= 0.3 is 0 Å². The number of hydrogen-bond acceptors (Lipinski definition) is 4. The van der Waals surface area contributed by atoms with Crippen LogP contribution in [0.3, 0.4) is 0 Å². The predicted molar refractivity (Wildman–Crippen MR) is 58.9 cm³/mol. The van der Waals surface area contributed by atoms with Crippen molar-refractivity contribution in [3.8, 4) is 0 Å². The van der Waals surface area contributed by atoms with E-state index in [9.17, 15) is 4.79 Å². The van der Waals surface area contributed by atoms with Crippen LogP contribution in [-0.2, 0) is 4.74 Å². The molecule has 1 aromatic heterocycles. The number of nitrogens with two attached hydrogens (primary N) is 1. The van der Waals surface area contributed by atoms with Crippen LogP contribution in [-0.4, -0.2) is 35.4 Å². The third kappa shape index (κ3) is 2.16. The van der Waals surface area contributed by atoms with Crippen molar-refractivity contribution < 1.29 is 9.53 Å². The average molecular weight is 224 g/mol. The number of nitrogens with one attached hydrogen (secondary N) is 2. The summed E-state index contributed by atoms with van der Waals surface area (Å²) in [7, 11) is 1.70. The number of nitrogens with zero attached hydrogens (tertiary/aromatic N) is 1. The second kappa shape index (κ2) is 4.52. The van der Waals surface area contributed by atoms with Crippen LogP contribution in [0.5, 0.6) is 0 Å². The molecule has 1 fully saturated rings. The summed E-state index contributed by atoms with van der Waals surface area (Å²) in [5, 5.41) is 9.18. The van der Waals surface area contributed by atoms with E-state index in [2.05, 4.69) is 15.5 Å². The van der Waals surface area contributed by atoms with Crippen LogP contribution in [0.2, 0.25) is 0 Å². The number of H-pyrrole nitrogens is 1. The molecule has 0 aliphatic heterocycles. The van der Waals surface area contributed by atoms with E-state index in [1.807, 2.05) is 0 Å². The van der Waals surface area contributed by atoms with Gasteiger partial charge in [0, 0.05) is 13.2 Å². The number of amides is 1. The number of aromatic nitrogens is 2. The summed E-state index contributed by atoms with van der Waals surface area (Å²) >= 11 is 0. The number of rotatable bonds is 3. The lowest BCUT2D eigenvalue weighted by Gasteiger charge is -2.12. The Bertz CT molecular complexity index is 377. The maximum absolute atomic E-state index is 11.8. The zero-order chi connectivity index (χ0) is 11.5. The number of aromatic amines is 1. The first-order valence-corrected chi connectivity index (χ1v) is 5.33. The van der Waals surface area contributed by atoms with Crippen molar-refractivity contribution in [2.75, 3.05) is 12.8 Å². The van der Waals surface area contributed by atoms with Crippen LogP contribution < -0.4 is 11.1 Å². The van der Waals surface area contributed by atoms with Crippen LogP contribution in [0.25, 0.3) is 0 Å². The Morgan fingerprint density at radius 3 is 3.06 bits per heavy atom. The molecule has 4 N–H and O–H groups in total. The van der Waals surface area contributed by atoms with Gasteiger partial charge in [-0.1, -0.05) is 0 Å². The Morgan fingerprint density at radius 2 is 2.50 bits per heavy atom. The van der Waals surface area contributed by atoms with E-state index in [0.29, 0.717) is 11.4 Å². The Kier molecular flexibility index (Phi) is 3.09. The smallest absolute Gasteiger partial charge is 0.256 e. The predicted octanol–water partition coefficient (Wildman–Crippen LogP) is 0.289. The van der Waals surface area contributed by atoms with Crippen molar-refractivity contribution in [3.05, 3.63) is 11.8 Å². The number of anilines is 1. The molecule has 88 valence electrons. The normalized spacial score (nSPS) is 24.6. The van der Waals surface area contributed by atoms with Gasteiger partial charge in [-0.15, -0.1) is 0 Å². The van der Waals surface area contributed by atoms with Crippen LogP contribution >= 0.6 is 0 Å². The molecule has 6 heteroatoms. The number of ether oxygens (including phenoxy) is 1. The van der Waals surface area contributed by atoms with Gasteiger partial charge in [0.2, 0.25) is 0 Å². The Balaban J connectivity index is 1.91. The first-order chi connectivity index (χ1) is 7.70. The van der Waals surface area contributed by atoms with Crippen molar-refractivity contribution >= 4 is 11.7 Å². The van der Waals surface area contributed by atoms with Gasteiger partial charge < -0.3 is 15.8 Å². The van der Waals surface area contributed by atoms with Crippen molar-refractivity contribution in [3.63, 3.8) is 0 Å². The molecule has 0 saturated heterocycles. The van der Waals surface area contributed by atoms with Gasteiger partial charge in [-0.25, -0.2) is 0 Å². The molecular formula is C10H16N4O2. The highest BCUT2D eigenvalue weighted by Crippen LogP contribution is 2.21. The van der Waals surface area contributed by atoms with E-state index in [4.69, 9.17) is 10.5 Å². The van der Waals surface area contributed by atoms with Crippen LogP contribution in [0.4, 0.5) is 5.82 Å². The van der Waals surface area contributed by atoms with Gasteiger partial charge in [-0.3, -0.25) is 9.89 Å². The molecule has 16 heavy (non-hydrogen) atoms. The zero-order valence-corrected chi connectivity index (χ0v) is 9.19. The molecule has 1 amide bonds. The Labute approximate surface area is 93.5 Å². The summed E-state index contributed by atoms with van der Waals surface area (Å²) in [6.45, 7) is 0. The molecule has 1 aliphatic carbocycles. The quantitative estimate of drug-likeness (QED) is 0.688. The molecule has 0 spiro atoms. The summed E-state index contributed by atoms with van der Waals surface area (Å²) in [4.78, 5) is 11.8. The number of carbonyl (C=O) groups excluding carboxylic acids is 1. The van der Waals surface area contributed by atoms with Crippen molar-refractivity contribution in [2.24, 2.45) is 0 Å². The van der Waals surface area contributed by atoms with E-state index in [1.165, 1.54) is 6.20 Å². The van der Waals surface area contributed by atoms with E-state index >= 15 is 0 Å². The molecule has 1 aliphatic rings. The first kappa shape index (κ1) is 10.9. The molecule has 1 aromatic rings. The molecule has 1 saturated carbocycles. The van der Waals surface area contributed by atoms with Gasteiger partial charge in [0.05, 0.1) is 12.3 Å². The fourth-order valence-electron chi connectivity index (χ4n) is 2.03. The first-order valence-electron chi connectivity index (χ1n) is 5.33. The van der Waals surface area contributed by atoms with Crippen LogP contribution in [0.1, 0.15) is 29.6 Å². The van der Waals surface area contributed by atoms with Crippen molar-refractivity contribution in [1.29, 1.82) is 0 Å². The molecule has 1 heterocycles. The van der Waals surface area contributed by atoms with Crippen molar-refractivity contribution in [2.45, 2.75) is 31.4 Å². The average Bonchev–Trinajstić information content (AvgIpc) is 2.86. The fourth-order valence-corrected chi connectivity index (χ4v) is 2.03. The van der Waals surface area contributed by atoms with Gasteiger partial charge in [-0.2, -0.15) is 5.10 Å². The molecule has 2 unspecified atom stereocenters. The Morgan fingerprint density at radius 1 is 1.69 bits per heavy atom. The maximum Gasteiger partial charge on any atom is 0.256 e. The van der Waals surface area contributed by atoms with Gasteiger partial charge in [0.25, 0.3) is 5.91 Å². The lowest BCUT2D eigenvalue weighted by Crippen LogP contribution is -2.33. The van der Waals surface area contributed by atoms with Crippen LogP contribution in [0, 0.1) is 0 Å². The Hall–Kier alpha value is -1.56. The highest BCUT2D eigenvalue weighted by Gasteiger charge is 2.26. The number of carbonyl (C=O) groups is 1. The summed E-state index contributed by atoms with van der Waals surface area (Å²) in [5.74, 6) is 0.131. The zero-order valence-electron chi connectivity index (χ0n) is 9.19. The topological polar surface area (TPSA) is 93.0 Å². The SMILES string of the molecule is COC1CCC(NC(=O)c2cn[nH]c2N)C1. The minimum absolute atomic E-state index is 0.173. The second-order valence-corrected chi connectivity index (χ2v) is 4.04. The van der Waals surface area contributed by atoms with Gasteiger partial charge in [0.1, 0.15) is 11.4 Å². The second-order valence-electron chi connectivity index (χ2n) is 4.04. The summed E-state index contributed by atoms with van der Waals surface area (Å²) in [6.07, 6.45) is 4.49. The van der Waals surface area contributed by atoms with Gasteiger partial charge in [0.15, 0.2) is 0 Å². The van der Waals surface area contributed by atoms with E-state index in [-0.39, 0.29) is 18.1 Å². The fraction of sp³-hybridized carbons (Fsp3) is 0.600. The van der Waals surface area contributed by atoms with E-state index in [0.717, 1.165) is 19.3 Å². The molecule has 0 radical (unpaired) electrons. The minimum atomic E-state index is -0.173. The van der Waals surface area contributed by atoms with E-state index < -0.39 is 0 Å². The number of hydrogen-bond donors (Lipinski definition) is 3. The maximum atomic E-state index is 11.8. The lowest BCUT2D eigenvalue weighted by molar-refractivity contribution is 0.0916. The summed E-state index contributed by atoms with van der Waals surface area (Å²) < 4.78 is 5.24. The molecule has 6 nitrogen and oxygen atoms in total. The summed E-state index contributed by atoms with van der Waals surface area (Å²) in [5.41, 5.74) is 5.97. The van der Waals surface area contributed by atoms with E-state index in [1.54, 1.807) is 7.11 Å². The molecular weight excluding hydrogens is 208 g/mol. The van der Waals surface area contributed by atoms with Gasteiger partial charge in [-0.05, 0) is 19.3 Å². The molecule has 0 bridgehead atoms. The number of methoxy groups -OCH3 is 1. The van der Waals surface area contributed by atoms with Crippen molar-refractivity contribution in [1.82, 2.24) is 15.5 Å². The third-order valence-electron chi connectivity index (χ3n) is 2.97. The highest BCUT2D eigenvalue weighted by molar-refractivity contribution is 5.98. The molecule has 2 atom stereocenters. The minimum Gasteiger partial charge on any atom is -0.383 e. The summed E-state index contributed by atoms with van der Waals surface area (Å²) in [6, 6.07) is 0.173. The van der Waals surface area contributed by atoms with Crippen LogP contribution in [0.15, 0.2) is 6.20 Å². The molecule has 0 aromatic carbocycles.